The van der Waals surface area contributed by atoms with Crippen molar-refractivity contribution in [1.29, 1.82) is 0 Å². The summed E-state index contributed by atoms with van der Waals surface area (Å²) in [7, 11) is 0. The lowest BCUT2D eigenvalue weighted by Gasteiger charge is -2.12. The van der Waals surface area contributed by atoms with Crippen LogP contribution in [0.4, 0.5) is 0 Å². The highest BCUT2D eigenvalue weighted by Gasteiger charge is 2.05. The van der Waals surface area contributed by atoms with Crippen LogP contribution >= 0.6 is 15.9 Å². The van der Waals surface area contributed by atoms with Crippen molar-refractivity contribution in [3.8, 4) is 18.1 Å². The number of benzene rings is 1. The molecule has 0 unspecified atom stereocenters. The van der Waals surface area contributed by atoms with Gasteiger partial charge in [0.25, 0.3) is 5.91 Å². The minimum atomic E-state index is -0.229. The van der Waals surface area contributed by atoms with E-state index in [1.807, 2.05) is 18.2 Å². The first-order chi connectivity index (χ1) is 9.52. The largest absolute Gasteiger partial charge is 0.484 e. The molecular formula is C15H19BrN2O2. The van der Waals surface area contributed by atoms with E-state index in [-0.39, 0.29) is 19.1 Å². The van der Waals surface area contributed by atoms with Gasteiger partial charge in [0, 0.05) is 17.1 Å². The van der Waals surface area contributed by atoms with Crippen molar-refractivity contribution in [3.63, 3.8) is 0 Å². The molecule has 2 N–H and O–H groups in total. The van der Waals surface area contributed by atoms with E-state index in [1.165, 1.54) is 0 Å². The zero-order valence-electron chi connectivity index (χ0n) is 11.7. The Hall–Kier alpha value is -1.51. The van der Waals surface area contributed by atoms with Crippen molar-refractivity contribution in [2.45, 2.75) is 26.4 Å². The molecule has 0 heterocycles. The molecule has 0 saturated carbocycles. The molecule has 1 rings (SSSR count). The van der Waals surface area contributed by atoms with Gasteiger partial charge >= 0.3 is 0 Å². The lowest BCUT2D eigenvalue weighted by atomic mass is 10.2. The molecule has 20 heavy (non-hydrogen) atoms. The monoisotopic (exact) mass is 338 g/mol. The van der Waals surface area contributed by atoms with Gasteiger partial charge in [-0.1, -0.05) is 35.7 Å². The third-order valence-electron chi connectivity index (χ3n) is 2.48. The molecular weight excluding hydrogens is 320 g/mol. The number of carbonyl (C=O) groups is 1. The Bertz CT molecular complexity index is 495. The highest BCUT2D eigenvalue weighted by Crippen LogP contribution is 2.22. The Morgan fingerprint density at radius 3 is 2.90 bits per heavy atom. The number of carbonyl (C=O) groups excluding carboxylic acids is 1. The highest BCUT2D eigenvalue weighted by molar-refractivity contribution is 9.10. The summed E-state index contributed by atoms with van der Waals surface area (Å²) < 4.78 is 6.45. The number of hydrogen-bond donors (Lipinski definition) is 2. The molecule has 0 aromatic heterocycles. The van der Waals surface area contributed by atoms with Crippen molar-refractivity contribution in [3.05, 3.63) is 28.2 Å². The van der Waals surface area contributed by atoms with Crippen molar-refractivity contribution in [2.75, 3.05) is 13.2 Å². The third kappa shape index (κ3) is 6.09. The zero-order chi connectivity index (χ0) is 15.0. The van der Waals surface area contributed by atoms with Gasteiger partial charge in [0.15, 0.2) is 6.61 Å². The van der Waals surface area contributed by atoms with E-state index >= 15 is 0 Å². The Morgan fingerprint density at radius 1 is 1.50 bits per heavy atom. The molecule has 1 aromatic carbocycles. The second kappa shape index (κ2) is 8.62. The predicted molar refractivity (Wildman–Crippen MR) is 83.5 cm³/mol. The molecule has 0 bridgehead atoms. The Balaban J connectivity index is 2.56. The highest BCUT2D eigenvalue weighted by atomic mass is 79.9. The average molecular weight is 339 g/mol. The summed E-state index contributed by atoms with van der Waals surface area (Å²) in [6.45, 7) is 5.08. The van der Waals surface area contributed by atoms with Crippen LogP contribution in [-0.4, -0.2) is 25.1 Å². The number of halogens is 1. The van der Waals surface area contributed by atoms with Crippen molar-refractivity contribution < 1.29 is 9.53 Å². The summed E-state index contributed by atoms with van der Waals surface area (Å²) in [6, 6.07) is 6.04. The predicted octanol–water partition coefficient (Wildman–Crippen LogP) is 2.08. The number of amides is 1. The summed E-state index contributed by atoms with van der Waals surface area (Å²) in [4.78, 5) is 11.4. The van der Waals surface area contributed by atoms with E-state index in [2.05, 4.69) is 46.3 Å². The van der Waals surface area contributed by atoms with Gasteiger partial charge in [-0.25, -0.2) is 0 Å². The summed E-state index contributed by atoms with van der Waals surface area (Å²) in [5, 5.41) is 5.88. The minimum Gasteiger partial charge on any atom is -0.484 e. The molecule has 0 spiro atoms. The molecule has 0 atom stereocenters. The number of nitrogens with one attached hydrogen (secondary N) is 2. The van der Waals surface area contributed by atoms with E-state index in [9.17, 15) is 4.79 Å². The number of ether oxygens (including phenoxy) is 1. The van der Waals surface area contributed by atoms with Gasteiger partial charge < -0.3 is 15.4 Å². The van der Waals surface area contributed by atoms with E-state index in [0.717, 1.165) is 16.6 Å². The quantitative estimate of drug-likeness (QED) is 0.748. The third-order valence-corrected chi connectivity index (χ3v) is 3.25. The van der Waals surface area contributed by atoms with Crippen LogP contribution in [0.15, 0.2) is 22.7 Å². The van der Waals surface area contributed by atoms with Crippen molar-refractivity contribution in [1.82, 2.24) is 10.6 Å². The molecule has 0 saturated heterocycles. The molecule has 0 aliphatic carbocycles. The standard InChI is InChI=1S/C15H19BrN2O2/c1-4-7-17-15(19)10-20-13-5-6-14(16)12(8-13)9-18-11(2)3/h1,5-6,8,11,18H,7,9-10H2,2-3H3,(H,17,19). The Morgan fingerprint density at radius 2 is 2.25 bits per heavy atom. The van der Waals surface area contributed by atoms with Gasteiger partial charge in [0.05, 0.1) is 6.54 Å². The zero-order valence-corrected chi connectivity index (χ0v) is 13.3. The maximum absolute atomic E-state index is 11.4. The topological polar surface area (TPSA) is 50.4 Å². The summed E-state index contributed by atoms with van der Waals surface area (Å²) in [5.74, 6) is 2.77. The molecule has 0 aliphatic heterocycles. The van der Waals surface area contributed by atoms with Gasteiger partial charge in [0.2, 0.25) is 0 Å². The van der Waals surface area contributed by atoms with Crippen LogP contribution in [0.3, 0.4) is 0 Å². The Labute approximate surface area is 128 Å². The van der Waals surface area contributed by atoms with Gasteiger partial charge in [-0.2, -0.15) is 0 Å². The number of terminal acetylenes is 1. The minimum absolute atomic E-state index is 0.0413. The molecule has 4 nitrogen and oxygen atoms in total. The molecule has 1 aromatic rings. The second-order valence-electron chi connectivity index (χ2n) is 4.56. The van der Waals surface area contributed by atoms with E-state index in [4.69, 9.17) is 11.2 Å². The van der Waals surface area contributed by atoms with Gasteiger partial charge in [-0.05, 0) is 23.8 Å². The lowest BCUT2D eigenvalue weighted by molar-refractivity contribution is -0.122. The number of rotatable bonds is 7. The fourth-order valence-corrected chi connectivity index (χ4v) is 1.83. The Kier molecular flexibility index (Phi) is 7.13. The van der Waals surface area contributed by atoms with Crippen LogP contribution in [0.1, 0.15) is 19.4 Å². The maximum atomic E-state index is 11.4. The van der Waals surface area contributed by atoms with Crippen LogP contribution in [0, 0.1) is 12.3 Å². The molecule has 5 heteroatoms. The van der Waals surface area contributed by atoms with Crippen LogP contribution < -0.4 is 15.4 Å². The second-order valence-corrected chi connectivity index (χ2v) is 5.41. The smallest absolute Gasteiger partial charge is 0.258 e. The lowest BCUT2D eigenvalue weighted by Crippen LogP contribution is -2.29. The SMILES string of the molecule is C#CCNC(=O)COc1ccc(Br)c(CNC(C)C)c1. The first kappa shape index (κ1) is 16.5. The summed E-state index contributed by atoms with van der Waals surface area (Å²) in [6.07, 6.45) is 5.06. The van der Waals surface area contributed by atoms with Crippen LogP contribution in [0.5, 0.6) is 5.75 Å². The molecule has 108 valence electrons. The molecule has 0 radical (unpaired) electrons. The van der Waals surface area contributed by atoms with E-state index in [0.29, 0.717) is 11.8 Å². The van der Waals surface area contributed by atoms with Crippen LogP contribution in [0.2, 0.25) is 0 Å². The van der Waals surface area contributed by atoms with Crippen molar-refractivity contribution in [2.24, 2.45) is 0 Å². The first-order valence-corrected chi connectivity index (χ1v) is 7.17. The van der Waals surface area contributed by atoms with Crippen LogP contribution in [0.25, 0.3) is 0 Å². The van der Waals surface area contributed by atoms with Crippen molar-refractivity contribution >= 4 is 21.8 Å². The normalized spacial score (nSPS) is 10.2. The average Bonchev–Trinajstić information content (AvgIpc) is 2.42. The van der Waals surface area contributed by atoms with E-state index < -0.39 is 0 Å². The maximum Gasteiger partial charge on any atom is 0.258 e. The van der Waals surface area contributed by atoms with Crippen LogP contribution in [-0.2, 0) is 11.3 Å². The molecule has 1 amide bonds. The molecule has 0 aliphatic rings. The van der Waals surface area contributed by atoms with Gasteiger partial charge in [0.1, 0.15) is 5.75 Å². The van der Waals surface area contributed by atoms with Gasteiger partial charge in [-0.3, -0.25) is 4.79 Å². The first-order valence-electron chi connectivity index (χ1n) is 6.37. The number of hydrogen-bond acceptors (Lipinski definition) is 3. The summed E-state index contributed by atoms with van der Waals surface area (Å²) in [5.41, 5.74) is 1.08. The fraction of sp³-hybridized carbons (Fsp3) is 0.400. The molecule has 0 fully saturated rings. The van der Waals surface area contributed by atoms with Gasteiger partial charge in [-0.15, -0.1) is 6.42 Å². The fourth-order valence-electron chi connectivity index (χ4n) is 1.44. The summed E-state index contributed by atoms with van der Waals surface area (Å²) >= 11 is 3.50. The van der Waals surface area contributed by atoms with E-state index in [1.54, 1.807) is 0 Å².